The third-order valence-corrected chi connectivity index (χ3v) is 3.59. The third kappa shape index (κ3) is 4.80. The maximum absolute atomic E-state index is 11.9. The molecule has 0 fully saturated rings. The zero-order chi connectivity index (χ0) is 15.2. The van der Waals surface area contributed by atoms with Gasteiger partial charge in [0.25, 0.3) is 5.91 Å². The first-order valence-electron chi connectivity index (χ1n) is 6.13. The Hall–Kier alpha value is -1.99. The number of carbonyl (C=O) groups excluding carboxylic acids is 1. The predicted molar refractivity (Wildman–Crippen MR) is 79.9 cm³/mol. The molecule has 2 rings (SSSR count). The highest BCUT2D eigenvalue weighted by Gasteiger charge is 2.10. The highest BCUT2D eigenvalue weighted by molar-refractivity contribution is 7.13. The van der Waals surface area contributed by atoms with Gasteiger partial charge in [-0.2, -0.15) is 0 Å². The fourth-order valence-electron chi connectivity index (χ4n) is 1.57. The number of aryl methyl sites for hydroxylation is 1. The molecule has 0 bridgehead atoms. The molecule has 0 unspecified atom stereocenters. The van der Waals surface area contributed by atoms with Gasteiger partial charge < -0.3 is 5.11 Å². The molecule has 0 radical (unpaired) electrons. The second kappa shape index (κ2) is 7.14. The smallest absolute Gasteiger partial charge is 0.303 e. The number of nitrogens with zero attached hydrogens (tertiary/aromatic N) is 2. The van der Waals surface area contributed by atoms with E-state index in [-0.39, 0.29) is 18.0 Å². The molecule has 2 aromatic heterocycles. The van der Waals surface area contributed by atoms with Crippen molar-refractivity contribution in [1.82, 2.24) is 9.97 Å². The Morgan fingerprint density at radius 3 is 2.86 bits per heavy atom. The molecule has 0 saturated heterocycles. The normalized spacial score (nSPS) is 10.3. The maximum Gasteiger partial charge on any atom is 0.303 e. The minimum absolute atomic E-state index is 0.105. The lowest BCUT2D eigenvalue weighted by Crippen LogP contribution is -2.13. The van der Waals surface area contributed by atoms with Crippen molar-refractivity contribution in [2.45, 2.75) is 19.3 Å². The summed E-state index contributed by atoms with van der Waals surface area (Å²) in [4.78, 5) is 30.5. The van der Waals surface area contributed by atoms with E-state index >= 15 is 0 Å². The van der Waals surface area contributed by atoms with Crippen LogP contribution in [0.25, 0.3) is 0 Å². The summed E-state index contributed by atoms with van der Waals surface area (Å²) in [5.74, 6) is -1.19. The van der Waals surface area contributed by atoms with Gasteiger partial charge in [0, 0.05) is 18.0 Å². The van der Waals surface area contributed by atoms with Crippen molar-refractivity contribution in [1.29, 1.82) is 0 Å². The summed E-state index contributed by atoms with van der Waals surface area (Å²) in [6.45, 7) is 0. The summed E-state index contributed by atoms with van der Waals surface area (Å²) in [6.07, 6.45) is 2.59. The lowest BCUT2D eigenvalue weighted by molar-refractivity contribution is -0.137. The average molecular weight is 326 g/mol. The van der Waals surface area contributed by atoms with Crippen molar-refractivity contribution in [2.75, 3.05) is 5.32 Å². The van der Waals surface area contributed by atoms with Crippen LogP contribution in [0.3, 0.4) is 0 Å². The van der Waals surface area contributed by atoms with Crippen LogP contribution in [0, 0.1) is 0 Å². The molecule has 0 spiro atoms. The second-order valence-electron chi connectivity index (χ2n) is 4.21. The molecule has 1 amide bonds. The summed E-state index contributed by atoms with van der Waals surface area (Å²) in [6, 6.07) is 3.11. The molecule has 110 valence electrons. The Morgan fingerprint density at radius 1 is 1.38 bits per heavy atom. The Morgan fingerprint density at radius 2 is 2.19 bits per heavy atom. The Balaban J connectivity index is 1.91. The van der Waals surface area contributed by atoms with Gasteiger partial charge in [0.05, 0.1) is 10.7 Å². The van der Waals surface area contributed by atoms with E-state index in [1.807, 2.05) is 0 Å². The number of thiazole rings is 1. The first kappa shape index (κ1) is 15.4. The van der Waals surface area contributed by atoms with E-state index in [1.165, 1.54) is 23.6 Å². The van der Waals surface area contributed by atoms with Crippen LogP contribution >= 0.6 is 22.9 Å². The lowest BCUT2D eigenvalue weighted by Gasteiger charge is -2.00. The number of carbonyl (C=O) groups is 2. The molecule has 0 aromatic carbocycles. The number of aliphatic carboxylic acids is 1. The first-order valence-corrected chi connectivity index (χ1v) is 7.39. The lowest BCUT2D eigenvalue weighted by atomic mass is 10.2. The highest BCUT2D eigenvalue weighted by atomic mass is 35.5. The number of carboxylic acids is 1. The fourth-order valence-corrected chi connectivity index (χ4v) is 2.42. The SMILES string of the molecule is O=C(O)CCCc1csc(NC(=O)c2ccc(Cl)cn2)n1. The van der Waals surface area contributed by atoms with Crippen molar-refractivity contribution in [3.63, 3.8) is 0 Å². The molecule has 0 aliphatic heterocycles. The van der Waals surface area contributed by atoms with Gasteiger partial charge in [-0.25, -0.2) is 9.97 Å². The summed E-state index contributed by atoms with van der Waals surface area (Å²) < 4.78 is 0. The van der Waals surface area contributed by atoms with Crippen LogP contribution in [0.5, 0.6) is 0 Å². The largest absolute Gasteiger partial charge is 0.481 e. The van der Waals surface area contributed by atoms with Gasteiger partial charge >= 0.3 is 5.97 Å². The van der Waals surface area contributed by atoms with Crippen molar-refractivity contribution in [3.05, 3.63) is 40.1 Å². The quantitative estimate of drug-likeness (QED) is 0.852. The van der Waals surface area contributed by atoms with E-state index in [1.54, 1.807) is 11.4 Å². The van der Waals surface area contributed by atoms with Crippen LogP contribution in [0.4, 0.5) is 5.13 Å². The molecule has 6 nitrogen and oxygen atoms in total. The van der Waals surface area contributed by atoms with E-state index in [4.69, 9.17) is 16.7 Å². The number of carboxylic acid groups (broad SMARTS) is 1. The number of halogens is 1. The summed E-state index contributed by atoms with van der Waals surface area (Å²) >= 11 is 6.99. The number of anilines is 1. The number of hydrogen-bond donors (Lipinski definition) is 2. The molecule has 2 aromatic rings. The monoisotopic (exact) mass is 325 g/mol. The molecule has 2 heterocycles. The summed E-state index contributed by atoms with van der Waals surface area (Å²) in [7, 11) is 0. The molecule has 2 N–H and O–H groups in total. The van der Waals surface area contributed by atoms with Crippen molar-refractivity contribution in [3.8, 4) is 0 Å². The number of amides is 1. The molecular formula is C13H12ClN3O3S. The van der Waals surface area contributed by atoms with Gasteiger partial charge in [0.2, 0.25) is 0 Å². The fraction of sp³-hybridized carbons (Fsp3) is 0.231. The van der Waals surface area contributed by atoms with E-state index in [0.717, 1.165) is 5.69 Å². The predicted octanol–water partition coefficient (Wildman–Crippen LogP) is 2.85. The zero-order valence-corrected chi connectivity index (χ0v) is 12.4. The van der Waals surface area contributed by atoms with Gasteiger partial charge in [-0.3, -0.25) is 14.9 Å². The van der Waals surface area contributed by atoms with Crippen LogP contribution in [0.2, 0.25) is 5.02 Å². The van der Waals surface area contributed by atoms with E-state index in [9.17, 15) is 9.59 Å². The molecule has 0 atom stereocenters. The summed E-state index contributed by atoms with van der Waals surface area (Å²) in [5, 5.41) is 13.9. The molecule has 21 heavy (non-hydrogen) atoms. The molecule has 0 aliphatic carbocycles. The molecule has 8 heteroatoms. The van der Waals surface area contributed by atoms with Gasteiger partial charge in [-0.1, -0.05) is 11.6 Å². The number of nitrogens with one attached hydrogen (secondary N) is 1. The Bertz CT molecular complexity index is 642. The Labute approximate surface area is 129 Å². The van der Waals surface area contributed by atoms with E-state index < -0.39 is 5.97 Å². The van der Waals surface area contributed by atoms with Crippen molar-refractivity contribution >= 4 is 39.9 Å². The first-order chi connectivity index (χ1) is 10.0. The average Bonchev–Trinajstić information content (AvgIpc) is 2.86. The van der Waals surface area contributed by atoms with Crippen LogP contribution < -0.4 is 5.32 Å². The number of aromatic nitrogens is 2. The van der Waals surface area contributed by atoms with Gasteiger partial charge in [0.15, 0.2) is 5.13 Å². The zero-order valence-electron chi connectivity index (χ0n) is 10.9. The van der Waals surface area contributed by atoms with Crippen molar-refractivity contribution < 1.29 is 14.7 Å². The second-order valence-corrected chi connectivity index (χ2v) is 5.50. The number of hydrogen-bond acceptors (Lipinski definition) is 5. The van der Waals surface area contributed by atoms with E-state index in [2.05, 4.69) is 15.3 Å². The van der Waals surface area contributed by atoms with E-state index in [0.29, 0.717) is 23.0 Å². The van der Waals surface area contributed by atoms with Gasteiger partial charge in [-0.15, -0.1) is 11.3 Å². The third-order valence-electron chi connectivity index (χ3n) is 2.56. The summed E-state index contributed by atoms with van der Waals surface area (Å²) in [5.41, 5.74) is 1.02. The topological polar surface area (TPSA) is 92.2 Å². The standard InChI is InChI=1S/C13H12ClN3O3S/c14-8-4-5-10(15-6-8)12(20)17-13-16-9(7-21-13)2-1-3-11(18)19/h4-7H,1-3H2,(H,18,19)(H,16,17,20). The van der Waals surface area contributed by atoms with Gasteiger partial charge in [0.1, 0.15) is 5.69 Å². The minimum atomic E-state index is -0.826. The Kier molecular flexibility index (Phi) is 5.24. The van der Waals surface area contributed by atoms with Gasteiger partial charge in [-0.05, 0) is 25.0 Å². The maximum atomic E-state index is 11.9. The highest BCUT2D eigenvalue weighted by Crippen LogP contribution is 2.18. The molecular weight excluding hydrogens is 314 g/mol. The van der Waals surface area contributed by atoms with Crippen molar-refractivity contribution in [2.24, 2.45) is 0 Å². The number of rotatable bonds is 6. The number of pyridine rings is 1. The molecule has 0 aliphatic rings. The van der Waals surface area contributed by atoms with Crippen LogP contribution in [0.1, 0.15) is 29.0 Å². The van der Waals surface area contributed by atoms with Crippen LogP contribution in [0.15, 0.2) is 23.7 Å². The van der Waals surface area contributed by atoms with Crippen LogP contribution in [-0.4, -0.2) is 27.0 Å². The van der Waals surface area contributed by atoms with Crippen LogP contribution in [-0.2, 0) is 11.2 Å². The minimum Gasteiger partial charge on any atom is -0.481 e. The molecule has 0 saturated carbocycles.